The number of rotatable bonds is 1. The molecule has 1 aliphatic heterocycles. The molecule has 1 saturated carbocycles. The second-order valence-corrected chi connectivity index (χ2v) is 4.03. The number of aliphatic hydroxyl groups is 2. The van der Waals surface area contributed by atoms with E-state index in [1.165, 1.54) is 6.42 Å². The second kappa shape index (κ2) is 3.32. The summed E-state index contributed by atoms with van der Waals surface area (Å²) in [5.74, 6) is 0. The van der Waals surface area contributed by atoms with Crippen LogP contribution in [0.15, 0.2) is 0 Å². The van der Waals surface area contributed by atoms with Gasteiger partial charge in [-0.15, -0.1) is 0 Å². The maximum absolute atomic E-state index is 9.67. The van der Waals surface area contributed by atoms with Gasteiger partial charge in [-0.05, 0) is 12.8 Å². The molecule has 3 heteroatoms. The van der Waals surface area contributed by atoms with E-state index in [0.717, 1.165) is 32.4 Å². The highest BCUT2D eigenvalue weighted by atomic mass is 16.3. The molecule has 0 aromatic carbocycles. The maximum Gasteiger partial charge on any atom is 0.0794 e. The van der Waals surface area contributed by atoms with E-state index in [9.17, 15) is 5.11 Å². The van der Waals surface area contributed by atoms with Gasteiger partial charge in [0.1, 0.15) is 0 Å². The molecular weight excluding hydrogens is 154 g/mol. The normalized spacial score (nSPS) is 39.5. The second-order valence-electron chi connectivity index (χ2n) is 4.03. The van der Waals surface area contributed by atoms with Crippen LogP contribution in [0.5, 0.6) is 0 Å². The minimum absolute atomic E-state index is 0.140. The van der Waals surface area contributed by atoms with Gasteiger partial charge in [0.25, 0.3) is 0 Å². The van der Waals surface area contributed by atoms with Crippen LogP contribution < -0.4 is 0 Å². The number of hydrogen-bond acceptors (Lipinski definition) is 3. The average Bonchev–Trinajstić information content (AvgIpc) is 2.01. The van der Waals surface area contributed by atoms with Crippen molar-refractivity contribution in [3.63, 3.8) is 0 Å². The van der Waals surface area contributed by atoms with Gasteiger partial charge in [-0.3, -0.25) is 4.90 Å². The summed E-state index contributed by atoms with van der Waals surface area (Å²) in [5, 5.41) is 18.8. The van der Waals surface area contributed by atoms with E-state index in [0.29, 0.717) is 6.04 Å². The van der Waals surface area contributed by atoms with Gasteiger partial charge >= 0.3 is 0 Å². The Morgan fingerprint density at radius 2 is 1.67 bits per heavy atom. The van der Waals surface area contributed by atoms with Crippen LogP contribution >= 0.6 is 0 Å². The van der Waals surface area contributed by atoms with Crippen molar-refractivity contribution < 1.29 is 10.2 Å². The van der Waals surface area contributed by atoms with Crippen molar-refractivity contribution in [2.24, 2.45) is 0 Å². The summed E-state index contributed by atoms with van der Waals surface area (Å²) in [4.78, 5) is 2.20. The molecule has 0 spiro atoms. The van der Waals surface area contributed by atoms with Crippen LogP contribution in [0.4, 0.5) is 0 Å². The molecule has 0 amide bonds. The topological polar surface area (TPSA) is 43.7 Å². The number of aliphatic hydroxyl groups excluding tert-OH is 2. The Morgan fingerprint density at radius 1 is 1.00 bits per heavy atom. The molecule has 2 aliphatic rings. The zero-order chi connectivity index (χ0) is 8.55. The molecule has 70 valence electrons. The van der Waals surface area contributed by atoms with Crippen LogP contribution in [0.2, 0.25) is 0 Å². The third-order valence-electron chi connectivity index (χ3n) is 3.05. The molecule has 0 radical (unpaired) electrons. The van der Waals surface area contributed by atoms with E-state index in [-0.39, 0.29) is 12.2 Å². The fraction of sp³-hybridized carbons (Fsp3) is 1.00. The van der Waals surface area contributed by atoms with Crippen LogP contribution in [-0.4, -0.2) is 46.5 Å². The summed E-state index contributed by atoms with van der Waals surface area (Å²) in [6.45, 7) is 1.53. The molecule has 0 aromatic heterocycles. The molecule has 0 bridgehead atoms. The molecular formula is C9H17NO2. The summed E-state index contributed by atoms with van der Waals surface area (Å²) in [6, 6.07) is 0.335. The minimum Gasteiger partial charge on any atom is -0.391 e. The van der Waals surface area contributed by atoms with Gasteiger partial charge in [-0.25, -0.2) is 0 Å². The zero-order valence-electron chi connectivity index (χ0n) is 7.32. The highest BCUT2D eigenvalue weighted by Gasteiger charge is 2.35. The molecule has 1 heterocycles. The van der Waals surface area contributed by atoms with Crippen molar-refractivity contribution >= 4 is 0 Å². The van der Waals surface area contributed by atoms with E-state index in [4.69, 9.17) is 5.11 Å². The molecule has 1 aliphatic carbocycles. The Labute approximate surface area is 73.0 Å². The van der Waals surface area contributed by atoms with Crippen molar-refractivity contribution in [1.82, 2.24) is 4.90 Å². The lowest BCUT2D eigenvalue weighted by Gasteiger charge is -2.45. The number of nitrogens with zero attached hydrogens (tertiary/aromatic N) is 1. The predicted molar refractivity (Wildman–Crippen MR) is 45.8 cm³/mol. The maximum atomic E-state index is 9.67. The quantitative estimate of drug-likeness (QED) is 0.582. The van der Waals surface area contributed by atoms with Gasteiger partial charge in [0.2, 0.25) is 0 Å². The number of hydrogen-bond donors (Lipinski definition) is 2. The first-order valence-electron chi connectivity index (χ1n) is 4.87. The molecule has 0 aromatic rings. The SMILES string of the molecule is OC1CN([C@H]2CCCC[C@H]2O)C1. The highest BCUT2D eigenvalue weighted by Crippen LogP contribution is 2.26. The monoisotopic (exact) mass is 171 g/mol. The lowest BCUT2D eigenvalue weighted by atomic mass is 9.89. The van der Waals surface area contributed by atoms with Gasteiger partial charge in [-0.1, -0.05) is 12.8 Å². The Hall–Kier alpha value is -0.120. The third-order valence-corrected chi connectivity index (χ3v) is 3.05. The molecule has 2 N–H and O–H groups in total. The first kappa shape index (κ1) is 8.48. The molecule has 2 atom stereocenters. The largest absolute Gasteiger partial charge is 0.391 e. The molecule has 3 nitrogen and oxygen atoms in total. The van der Waals surface area contributed by atoms with Crippen LogP contribution in [0.1, 0.15) is 25.7 Å². The highest BCUT2D eigenvalue weighted by molar-refractivity contribution is 4.90. The van der Waals surface area contributed by atoms with Gasteiger partial charge in [0.15, 0.2) is 0 Å². The first-order chi connectivity index (χ1) is 5.77. The van der Waals surface area contributed by atoms with E-state index in [1.54, 1.807) is 0 Å². The van der Waals surface area contributed by atoms with Crippen molar-refractivity contribution in [1.29, 1.82) is 0 Å². The van der Waals surface area contributed by atoms with Crippen LogP contribution in [-0.2, 0) is 0 Å². The summed E-state index contributed by atoms with van der Waals surface area (Å²) in [5.41, 5.74) is 0. The predicted octanol–water partition coefficient (Wildman–Crippen LogP) is -0.0336. The molecule has 12 heavy (non-hydrogen) atoms. The van der Waals surface area contributed by atoms with E-state index in [2.05, 4.69) is 4.90 Å². The first-order valence-corrected chi connectivity index (χ1v) is 4.87. The summed E-state index contributed by atoms with van der Waals surface area (Å²) >= 11 is 0. The van der Waals surface area contributed by atoms with Crippen LogP contribution in [0.25, 0.3) is 0 Å². The molecule has 2 fully saturated rings. The van der Waals surface area contributed by atoms with Gasteiger partial charge in [0.05, 0.1) is 12.2 Å². The van der Waals surface area contributed by atoms with Gasteiger partial charge in [-0.2, -0.15) is 0 Å². The standard InChI is InChI=1S/C9H17NO2/c11-7-5-10(6-7)8-3-1-2-4-9(8)12/h7-9,11-12H,1-6H2/t8-,9+/m0/s1. The minimum atomic E-state index is -0.147. The number of β-amino-alcohol motifs (C(OH)–C–C–N with tert-alkyl or cyclic N) is 1. The van der Waals surface area contributed by atoms with Crippen molar-refractivity contribution in [2.75, 3.05) is 13.1 Å². The molecule has 2 rings (SSSR count). The third kappa shape index (κ3) is 1.49. The summed E-state index contributed by atoms with van der Waals surface area (Å²) < 4.78 is 0. The van der Waals surface area contributed by atoms with E-state index >= 15 is 0 Å². The average molecular weight is 171 g/mol. The molecule has 1 saturated heterocycles. The van der Waals surface area contributed by atoms with Crippen LogP contribution in [0, 0.1) is 0 Å². The summed E-state index contributed by atoms with van der Waals surface area (Å²) in [6.07, 6.45) is 4.15. The Kier molecular flexibility index (Phi) is 2.35. The smallest absolute Gasteiger partial charge is 0.0794 e. The lowest BCUT2D eigenvalue weighted by molar-refractivity contribution is -0.0720. The van der Waals surface area contributed by atoms with E-state index < -0.39 is 0 Å². The van der Waals surface area contributed by atoms with Crippen molar-refractivity contribution in [2.45, 2.75) is 43.9 Å². The van der Waals surface area contributed by atoms with E-state index in [1.807, 2.05) is 0 Å². The van der Waals surface area contributed by atoms with Crippen molar-refractivity contribution in [3.05, 3.63) is 0 Å². The Balaban J connectivity index is 1.85. The molecule has 0 unspecified atom stereocenters. The van der Waals surface area contributed by atoms with Gasteiger partial charge < -0.3 is 10.2 Å². The fourth-order valence-electron chi connectivity index (χ4n) is 2.28. The van der Waals surface area contributed by atoms with Gasteiger partial charge in [0, 0.05) is 19.1 Å². The summed E-state index contributed by atoms with van der Waals surface area (Å²) in [7, 11) is 0. The van der Waals surface area contributed by atoms with Crippen LogP contribution in [0.3, 0.4) is 0 Å². The Bertz CT molecular complexity index is 157. The lowest BCUT2D eigenvalue weighted by Crippen LogP contribution is -2.59. The fourth-order valence-corrected chi connectivity index (χ4v) is 2.28. The zero-order valence-corrected chi connectivity index (χ0v) is 7.32. The van der Waals surface area contributed by atoms with Crippen molar-refractivity contribution in [3.8, 4) is 0 Å². The Morgan fingerprint density at radius 3 is 2.25 bits per heavy atom. The number of likely N-dealkylation sites (tertiary alicyclic amines) is 1.